The molecule has 0 spiro atoms. The lowest BCUT2D eigenvalue weighted by atomic mass is 10.1. The Morgan fingerprint density at radius 1 is 1.29 bits per heavy atom. The maximum absolute atomic E-state index is 11.7. The number of hydrogen-bond donors (Lipinski definition) is 2. The first-order valence-corrected chi connectivity index (χ1v) is 6.34. The number of carbonyl (C=O) groups is 2. The first kappa shape index (κ1) is 13.8. The molecule has 0 aliphatic carbocycles. The fraction of sp³-hybridized carbons (Fsp3) is 0.833. The van der Waals surface area contributed by atoms with Crippen molar-refractivity contribution in [3.63, 3.8) is 0 Å². The van der Waals surface area contributed by atoms with Crippen molar-refractivity contribution in [3.05, 3.63) is 0 Å². The van der Waals surface area contributed by atoms with E-state index in [1.807, 2.05) is 11.8 Å². The molecule has 2 N–H and O–H groups in total. The number of hydrogen-bond acceptors (Lipinski definition) is 2. The number of likely N-dealkylation sites (tertiary alicyclic amines) is 1. The second-order valence-electron chi connectivity index (χ2n) is 4.77. The maximum Gasteiger partial charge on any atom is 0.317 e. The van der Waals surface area contributed by atoms with Crippen LogP contribution in [0.25, 0.3) is 0 Å². The Labute approximate surface area is 102 Å². The third-order valence-electron chi connectivity index (χ3n) is 3.10. The van der Waals surface area contributed by atoms with E-state index in [-0.39, 0.29) is 18.4 Å². The molecule has 0 aromatic heterocycles. The van der Waals surface area contributed by atoms with Gasteiger partial charge in [-0.1, -0.05) is 6.92 Å². The summed E-state index contributed by atoms with van der Waals surface area (Å²) in [6.45, 7) is 4.20. The van der Waals surface area contributed by atoms with Gasteiger partial charge in [0, 0.05) is 26.1 Å². The fourth-order valence-electron chi connectivity index (χ4n) is 1.94. The minimum atomic E-state index is -0.779. The van der Waals surface area contributed by atoms with Crippen molar-refractivity contribution in [2.45, 2.75) is 39.0 Å². The molecular weight excluding hydrogens is 220 g/mol. The van der Waals surface area contributed by atoms with Gasteiger partial charge in [0.2, 0.25) is 0 Å². The Kier molecular flexibility index (Phi) is 5.80. The van der Waals surface area contributed by atoms with E-state index < -0.39 is 5.97 Å². The second-order valence-corrected chi connectivity index (χ2v) is 4.77. The molecule has 0 saturated carbocycles. The van der Waals surface area contributed by atoms with E-state index in [0.717, 1.165) is 25.9 Å². The summed E-state index contributed by atoms with van der Waals surface area (Å²) >= 11 is 0. The summed E-state index contributed by atoms with van der Waals surface area (Å²) in [5.41, 5.74) is 0. The average molecular weight is 242 g/mol. The molecule has 0 aromatic carbocycles. The SMILES string of the molecule is CC(CCC(=O)O)CNC(=O)N1CCCCC1. The molecule has 1 unspecified atom stereocenters. The number of aliphatic carboxylic acids is 1. The van der Waals surface area contributed by atoms with Crippen molar-refractivity contribution in [1.82, 2.24) is 10.2 Å². The minimum Gasteiger partial charge on any atom is -0.481 e. The standard InChI is InChI=1S/C12H22N2O3/c1-10(5-6-11(15)16)9-13-12(17)14-7-3-2-4-8-14/h10H,2-9H2,1H3,(H,13,17)(H,15,16). The molecule has 1 aliphatic heterocycles. The Morgan fingerprint density at radius 2 is 1.94 bits per heavy atom. The van der Waals surface area contributed by atoms with Crippen molar-refractivity contribution < 1.29 is 14.7 Å². The third kappa shape index (κ3) is 5.56. The van der Waals surface area contributed by atoms with E-state index in [1.165, 1.54) is 6.42 Å². The highest BCUT2D eigenvalue weighted by molar-refractivity contribution is 5.74. The molecule has 1 rings (SSSR count). The van der Waals surface area contributed by atoms with Crippen molar-refractivity contribution in [2.24, 2.45) is 5.92 Å². The van der Waals surface area contributed by atoms with Crippen LogP contribution < -0.4 is 5.32 Å². The molecule has 1 atom stereocenters. The molecular formula is C12H22N2O3. The van der Waals surface area contributed by atoms with Gasteiger partial charge in [0.05, 0.1) is 0 Å². The number of carboxylic acids is 1. The third-order valence-corrected chi connectivity index (χ3v) is 3.10. The van der Waals surface area contributed by atoms with Crippen LogP contribution in [0.3, 0.4) is 0 Å². The van der Waals surface area contributed by atoms with E-state index >= 15 is 0 Å². The first-order valence-electron chi connectivity index (χ1n) is 6.34. The molecule has 5 heteroatoms. The number of carboxylic acid groups (broad SMARTS) is 1. The number of nitrogens with one attached hydrogen (secondary N) is 1. The van der Waals surface area contributed by atoms with Crippen LogP contribution in [0, 0.1) is 5.92 Å². The normalized spacial score (nSPS) is 17.6. The van der Waals surface area contributed by atoms with Crippen LogP contribution in [0.2, 0.25) is 0 Å². The van der Waals surface area contributed by atoms with Crippen molar-refractivity contribution in [3.8, 4) is 0 Å². The zero-order valence-corrected chi connectivity index (χ0v) is 10.4. The highest BCUT2D eigenvalue weighted by atomic mass is 16.4. The molecule has 2 amide bonds. The average Bonchev–Trinajstić information content (AvgIpc) is 2.34. The van der Waals surface area contributed by atoms with E-state index in [4.69, 9.17) is 5.11 Å². The zero-order chi connectivity index (χ0) is 12.7. The highest BCUT2D eigenvalue weighted by Gasteiger charge is 2.16. The monoisotopic (exact) mass is 242 g/mol. The quantitative estimate of drug-likeness (QED) is 0.770. The van der Waals surface area contributed by atoms with Gasteiger partial charge in [0.25, 0.3) is 0 Å². The van der Waals surface area contributed by atoms with Crippen molar-refractivity contribution in [2.75, 3.05) is 19.6 Å². The molecule has 1 fully saturated rings. The maximum atomic E-state index is 11.7. The number of amides is 2. The Hall–Kier alpha value is -1.26. The summed E-state index contributed by atoms with van der Waals surface area (Å²) in [6, 6.07) is -0.00752. The predicted molar refractivity (Wildman–Crippen MR) is 64.9 cm³/mol. The Morgan fingerprint density at radius 3 is 2.53 bits per heavy atom. The predicted octanol–water partition coefficient (Wildman–Crippen LogP) is 1.68. The van der Waals surface area contributed by atoms with Crippen LogP contribution in [0.5, 0.6) is 0 Å². The van der Waals surface area contributed by atoms with E-state index in [2.05, 4.69) is 5.32 Å². The smallest absolute Gasteiger partial charge is 0.317 e. The van der Waals surface area contributed by atoms with Gasteiger partial charge >= 0.3 is 12.0 Å². The molecule has 0 aromatic rings. The molecule has 98 valence electrons. The number of piperidine rings is 1. The first-order chi connectivity index (χ1) is 8.09. The van der Waals surface area contributed by atoms with Gasteiger partial charge in [-0.15, -0.1) is 0 Å². The van der Waals surface area contributed by atoms with E-state index in [1.54, 1.807) is 0 Å². The number of rotatable bonds is 5. The lowest BCUT2D eigenvalue weighted by molar-refractivity contribution is -0.137. The lowest BCUT2D eigenvalue weighted by Crippen LogP contribution is -2.44. The van der Waals surface area contributed by atoms with Gasteiger partial charge in [-0.2, -0.15) is 0 Å². The largest absolute Gasteiger partial charge is 0.481 e. The van der Waals surface area contributed by atoms with Crippen LogP contribution in [0.4, 0.5) is 4.79 Å². The zero-order valence-electron chi connectivity index (χ0n) is 10.4. The van der Waals surface area contributed by atoms with E-state index in [9.17, 15) is 9.59 Å². The number of carbonyl (C=O) groups excluding carboxylic acids is 1. The topological polar surface area (TPSA) is 69.6 Å². The summed E-state index contributed by atoms with van der Waals surface area (Å²) < 4.78 is 0. The minimum absolute atomic E-state index is 0.00752. The molecule has 0 radical (unpaired) electrons. The fourth-order valence-corrected chi connectivity index (χ4v) is 1.94. The summed E-state index contributed by atoms with van der Waals surface area (Å²) in [7, 11) is 0. The molecule has 0 bridgehead atoms. The lowest BCUT2D eigenvalue weighted by Gasteiger charge is -2.27. The van der Waals surface area contributed by atoms with Crippen LogP contribution >= 0.6 is 0 Å². The summed E-state index contributed by atoms with van der Waals surface area (Å²) in [4.78, 5) is 24.0. The molecule has 1 heterocycles. The van der Waals surface area contributed by atoms with Gasteiger partial charge < -0.3 is 15.3 Å². The van der Waals surface area contributed by atoms with Gasteiger partial charge in [-0.25, -0.2) is 4.79 Å². The van der Waals surface area contributed by atoms with Crippen LogP contribution in [-0.2, 0) is 4.79 Å². The summed E-state index contributed by atoms with van der Waals surface area (Å²) in [5, 5.41) is 11.4. The van der Waals surface area contributed by atoms with Gasteiger partial charge in [-0.05, 0) is 31.6 Å². The Bertz CT molecular complexity index is 262. The van der Waals surface area contributed by atoms with Gasteiger partial charge in [0.1, 0.15) is 0 Å². The van der Waals surface area contributed by atoms with Crippen molar-refractivity contribution in [1.29, 1.82) is 0 Å². The summed E-state index contributed by atoms with van der Waals surface area (Å²) in [5.74, 6) is -0.570. The van der Waals surface area contributed by atoms with Gasteiger partial charge in [0.15, 0.2) is 0 Å². The van der Waals surface area contributed by atoms with Crippen LogP contribution in [0.15, 0.2) is 0 Å². The van der Waals surface area contributed by atoms with E-state index in [0.29, 0.717) is 13.0 Å². The van der Waals surface area contributed by atoms with Crippen molar-refractivity contribution >= 4 is 12.0 Å². The van der Waals surface area contributed by atoms with Gasteiger partial charge in [-0.3, -0.25) is 4.79 Å². The molecule has 1 saturated heterocycles. The molecule has 17 heavy (non-hydrogen) atoms. The Balaban J connectivity index is 2.15. The summed E-state index contributed by atoms with van der Waals surface area (Å²) in [6.07, 6.45) is 4.15. The highest BCUT2D eigenvalue weighted by Crippen LogP contribution is 2.09. The second kappa shape index (κ2) is 7.14. The van der Waals surface area contributed by atoms with Crippen LogP contribution in [-0.4, -0.2) is 41.6 Å². The number of nitrogens with zero attached hydrogens (tertiary/aromatic N) is 1. The van der Waals surface area contributed by atoms with Crippen LogP contribution in [0.1, 0.15) is 39.0 Å². The number of urea groups is 1. The molecule has 5 nitrogen and oxygen atoms in total. The molecule has 1 aliphatic rings.